The zero-order chi connectivity index (χ0) is 11.0. The van der Waals surface area contributed by atoms with Gasteiger partial charge in [0, 0.05) is 13.7 Å². The van der Waals surface area contributed by atoms with E-state index >= 15 is 0 Å². The molecule has 14 heavy (non-hydrogen) atoms. The second kappa shape index (κ2) is 7.76. The summed E-state index contributed by atoms with van der Waals surface area (Å²) in [7, 11) is 1.54. The van der Waals surface area contributed by atoms with E-state index in [-0.39, 0.29) is 18.5 Å². The van der Waals surface area contributed by atoms with E-state index in [4.69, 9.17) is 15.2 Å². The molecule has 0 aromatic carbocycles. The molecule has 0 spiro atoms. The summed E-state index contributed by atoms with van der Waals surface area (Å²) in [6.45, 7) is 5.00. The smallest absolute Gasteiger partial charge is 0.308 e. The van der Waals surface area contributed by atoms with Gasteiger partial charge in [-0.25, -0.2) is 0 Å². The molecule has 1 unspecified atom stereocenters. The average Bonchev–Trinajstić information content (AvgIpc) is 2.13. The molecule has 0 rings (SSSR count). The Morgan fingerprint density at radius 1 is 1.43 bits per heavy atom. The van der Waals surface area contributed by atoms with Gasteiger partial charge in [-0.1, -0.05) is 13.8 Å². The molecule has 4 heteroatoms. The Hall–Kier alpha value is -0.610. The summed E-state index contributed by atoms with van der Waals surface area (Å²) in [5.41, 5.74) is 5.38. The topological polar surface area (TPSA) is 61.5 Å². The van der Waals surface area contributed by atoms with Crippen LogP contribution in [0.4, 0.5) is 0 Å². The van der Waals surface area contributed by atoms with Crippen molar-refractivity contribution in [3.05, 3.63) is 0 Å². The van der Waals surface area contributed by atoms with E-state index in [0.29, 0.717) is 19.1 Å². The Kier molecular flexibility index (Phi) is 7.42. The molecule has 0 fully saturated rings. The summed E-state index contributed by atoms with van der Waals surface area (Å²) >= 11 is 0. The SMILES string of the molecule is COC(CN)CC(=O)OCCC(C)C. The van der Waals surface area contributed by atoms with Crippen molar-refractivity contribution in [3.8, 4) is 0 Å². The number of rotatable bonds is 7. The molecule has 0 bridgehead atoms. The van der Waals surface area contributed by atoms with E-state index in [9.17, 15) is 4.79 Å². The van der Waals surface area contributed by atoms with Gasteiger partial charge in [-0.05, 0) is 12.3 Å². The molecular formula is C10H21NO3. The molecule has 0 amide bonds. The lowest BCUT2D eigenvalue weighted by Gasteiger charge is -2.12. The van der Waals surface area contributed by atoms with Crippen molar-refractivity contribution < 1.29 is 14.3 Å². The van der Waals surface area contributed by atoms with E-state index in [1.54, 1.807) is 7.11 Å². The van der Waals surface area contributed by atoms with Gasteiger partial charge in [0.2, 0.25) is 0 Å². The minimum Gasteiger partial charge on any atom is -0.466 e. The first kappa shape index (κ1) is 13.4. The number of hydrogen-bond donors (Lipinski definition) is 1. The first-order valence-electron chi connectivity index (χ1n) is 4.98. The van der Waals surface area contributed by atoms with Gasteiger partial charge >= 0.3 is 5.97 Å². The number of hydrogen-bond acceptors (Lipinski definition) is 4. The molecule has 2 N–H and O–H groups in total. The highest BCUT2D eigenvalue weighted by Gasteiger charge is 2.12. The molecule has 0 radical (unpaired) electrons. The Morgan fingerprint density at radius 2 is 2.07 bits per heavy atom. The van der Waals surface area contributed by atoms with Crippen molar-refractivity contribution in [2.45, 2.75) is 32.8 Å². The molecule has 84 valence electrons. The van der Waals surface area contributed by atoms with Gasteiger partial charge in [0.1, 0.15) is 0 Å². The van der Waals surface area contributed by atoms with E-state index in [0.717, 1.165) is 6.42 Å². The average molecular weight is 203 g/mol. The maximum absolute atomic E-state index is 11.2. The zero-order valence-corrected chi connectivity index (χ0v) is 9.29. The maximum Gasteiger partial charge on any atom is 0.308 e. The van der Waals surface area contributed by atoms with Gasteiger partial charge in [-0.15, -0.1) is 0 Å². The van der Waals surface area contributed by atoms with Crippen molar-refractivity contribution in [2.75, 3.05) is 20.3 Å². The van der Waals surface area contributed by atoms with Gasteiger partial charge < -0.3 is 15.2 Å². The van der Waals surface area contributed by atoms with E-state index in [1.807, 2.05) is 0 Å². The van der Waals surface area contributed by atoms with Crippen LogP contribution in [0, 0.1) is 5.92 Å². The van der Waals surface area contributed by atoms with E-state index < -0.39 is 0 Å². The van der Waals surface area contributed by atoms with Crippen molar-refractivity contribution >= 4 is 5.97 Å². The third-order valence-electron chi connectivity index (χ3n) is 1.95. The third-order valence-corrected chi connectivity index (χ3v) is 1.95. The fourth-order valence-electron chi connectivity index (χ4n) is 0.916. The third kappa shape index (κ3) is 6.86. The Labute approximate surface area is 85.8 Å². The molecule has 0 aliphatic carbocycles. The normalized spacial score (nSPS) is 12.9. The summed E-state index contributed by atoms with van der Waals surface area (Å²) in [6, 6.07) is 0. The number of carbonyl (C=O) groups is 1. The molecule has 0 aliphatic rings. The fourth-order valence-corrected chi connectivity index (χ4v) is 0.916. The summed E-state index contributed by atoms with van der Waals surface area (Å²) in [6.07, 6.45) is 0.915. The molecule has 0 saturated heterocycles. The predicted molar refractivity (Wildman–Crippen MR) is 54.9 cm³/mol. The monoisotopic (exact) mass is 203 g/mol. The van der Waals surface area contributed by atoms with Gasteiger partial charge in [-0.3, -0.25) is 4.79 Å². The first-order valence-corrected chi connectivity index (χ1v) is 4.98. The van der Waals surface area contributed by atoms with Gasteiger partial charge in [0.05, 0.1) is 19.1 Å². The first-order chi connectivity index (χ1) is 6.60. The van der Waals surface area contributed by atoms with Crippen molar-refractivity contribution in [1.82, 2.24) is 0 Å². The zero-order valence-electron chi connectivity index (χ0n) is 9.29. The lowest BCUT2D eigenvalue weighted by molar-refractivity contribution is -0.146. The number of esters is 1. The molecule has 0 aromatic rings. The van der Waals surface area contributed by atoms with Crippen LogP contribution in [0.2, 0.25) is 0 Å². The van der Waals surface area contributed by atoms with E-state index in [2.05, 4.69) is 13.8 Å². The van der Waals surface area contributed by atoms with Crippen LogP contribution in [0.5, 0.6) is 0 Å². The number of methoxy groups -OCH3 is 1. The van der Waals surface area contributed by atoms with Gasteiger partial charge in [0.15, 0.2) is 0 Å². The quantitative estimate of drug-likeness (QED) is 0.625. The highest BCUT2D eigenvalue weighted by Crippen LogP contribution is 2.02. The molecule has 0 aromatic heterocycles. The largest absolute Gasteiger partial charge is 0.466 e. The van der Waals surface area contributed by atoms with Crippen LogP contribution in [0.25, 0.3) is 0 Å². The minimum absolute atomic E-state index is 0.221. The lowest BCUT2D eigenvalue weighted by Crippen LogP contribution is -2.26. The molecule has 1 atom stereocenters. The molecular weight excluding hydrogens is 182 g/mol. The Morgan fingerprint density at radius 3 is 2.50 bits per heavy atom. The number of ether oxygens (including phenoxy) is 2. The second-order valence-electron chi connectivity index (χ2n) is 3.70. The van der Waals surface area contributed by atoms with Crippen molar-refractivity contribution in [3.63, 3.8) is 0 Å². The molecule has 4 nitrogen and oxygen atoms in total. The standard InChI is InChI=1S/C10H21NO3/c1-8(2)4-5-14-10(12)6-9(7-11)13-3/h8-9H,4-7,11H2,1-3H3. The highest BCUT2D eigenvalue weighted by atomic mass is 16.5. The Balaban J connectivity index is 3.54. The van der Waals surface area contributed by atoms with Gasteiger partial charge in [0.25, 0.3) is 0 Å². The lowest BCUT2D eigenvalue weighted by atomic mass is 10.1. The van der Waals surface area contributed by atoms with Crippen LogP contribution in [0.15, 0.2) is 0 Å². The summed E-state index contributed by atoms with van der Waals surface area (Å²) < 4.78 is 9.98. The fraction of sp³-hybridized carbons (Fsp3) is 0.900. The number of nitrogens with two attached hydrogens (primary N) is 1. The highest BCUT2D eigenvalue weighted by molar-refractivity contribution is 5.69. The molecule has 0 heterocycles. The maximum atomic E-state index is 11.2. The summed E-state index contributed by atoms with van der Waals surface area (Å²) in [5, 5.41) is 0. The van der Waals surface area contributed by atoms with Gasteiger partial charge in [-0.2, -0.15) is 0 Å². The Bertz CT molecular complexity index is 155. The summed E-state index contributed by atoms with van der Waals surface area (Å²) in [5.74, 6) is 0.318. The molecule has 0 saturated carbocycles. The summed E-state index contributed by atoms with van der Waals surface area (Å²) in [4.78, 5) is 11.2. The van der Waals surface area contributed by atoms with Crippen LogP contribution in [-0.4, -0.2) is 32.3 Å². The van der Waals surface area contributed by atoms with Crippen molar-refractivity contribution in [2.24, 2.45) is 11.7 Å². The minimum atomic E-state index is -0.233. The van der Waals surface area contributed by atoms with E-state index in [1.165, 1.54) is 0 Å². The second-order valence-corrected chi connectivity index (χ2v) is 3.70. The number of carbonyl (C=O) groups excluding carboxylic acids is 1. The van der Waals surface area contributed by atoms with Crippen LogP contribution < -0.4 is 5.73 Å². The molecule has 0 aliphatic heterocycles. The van der Waals surface area contributed by atoms with Crippen LogP contribution in [0.3, 0.4) is 0 Å². The van der Waals surface area contributed by atoms with Crippen molar-refractivity contribution in [1.29, 1.82) is 0 Å². The van der Waals surface area contributed by atoms with Crippen LogP contribution in [0.1, 0.15) is 26.7 Å². The van der Waals surface area contributed by atoms with Crippen LogP contribution >= 0.6 is 0 Å². The predicted octanol–water partition coefficient (Wildman–Crippen LogP) is 0.939. The van der Waals surface area contributed by atoms with Crippen LogP contribution in [-0.2, 0) is 14.3 Å².